The lowest BCUT2D eigenvalue weighted by Gasteiger charge is -2.35. The van der Waals surface area contributed by atoms with Gasteiger partial charge < -0.3 is 4.74 Å². The minimum atomic E-state index is -5.20. The molecule has 4 rings (SSSR count). The van der Waals surface area contributed by atoms with Gasteiger partial charge in [0.25, 0.3) is 0 Å². The predicted octanol–water partition coefficient (Wildman–Crippen LogP) is 8.04. The summed E-state index contributed by atoms with van der Waals surface area (Å²) in [6, 6.07) is 10.1. The van der Waals surface area contributed by atoms with Crippen molar-refractivity contribution >= 4 is 10.8 Å². The molecule has 0 amide bonds. The van der Waals surface area contributed by atoms with Crippen molar-refractivity contribution in [2.24, 2.45) is 5.92 Å². The smallest absolute Gasteiger partial charge is 0.399 e. The monoisotopic (exact) mass is 452 g/mol. The minimum absolute atomic E-state index is 0.0571. The Balaban J connectivity index is 1.85. The zero-order valence-electron chi connectivity index (χ0n) is 17.4. The number of ether oxygens (including phenoxy) is 1. The van der Waals surface area contributed by atoms with Gasteiger partial charge in [0.2, 0.25) is 5.75 Å². The van der Waals surface area contributed by atoms with Crippen molar-refractivity contribution in [3.63, 3.8) is 0 Å². The quantitative estimate of drug-likeness (QED) is 0.356. The Morgan fingerprint density at radius 1 is 0.938 bits per heavy atom. The summed E-state index contributed by atoms with van der Waals surface area (Å²) in [7, 11) is 0. The number of alkyl halides is 3. The van der Waals surface area contributed by atoms with Crippen molar-refractivity contribution in [1.29, 1.82) is 0 Å². The van der Waals surface area contributed by atoms with E-state index in [9.17, 15) is 26.3 Å². The van der Waals surface area contributed by atoms with Crippen molar-refractivity contribution in [2.45, 2.75) is 51.3 Å². The van der Waals surface area contributed by atoms with E-state index in [1.165, 1.54) is 6.07 Å². The Bertz CT molecular complexity index is 1110. The second-order valence-corrected chi connectivity index (χ2v) is 8.25. The molecule has 1 aliphatic carbocycles. The van der Waals surface area contributed by atoms with Crippen LogP contribution in [-0.2, 0) is 6.42 Å². The molecule has 0 aliphatic heterocycles. The molecule has 0 fully saturated rings. The van der Waals surface area contributed by atoms with E-state index < -0.39 is 29.7 Å². The first-order valence-electron chi connectivity index (χ1n) is 10.6. The second kappa shape index (κ2) is 8.68. The van der Waals surface area contributed by atoms with Crippen LogP contribution in [0, 0.1) is 23.4 Å². The van der Waals surface area contributed by atoms with Crippen LogP contribution < -0.4 is 4.74 Å². The van der Waals surface area contributed by atoms with Gasteiger partial charge in [-0.2, -0.15) is 0 Å². The predicted molar refractivity (Wildman–Crippen MR) is 110 cm³/mol. The van der Waals surface area contributed by atoms with Crippen molar-refractivity contribution in [3.05, 3.63) is 76.6 Å². The fourth-order valence-corrected chi connectivity index (χ4v) is 4.92. The Labute approximate surface area is 182 Å². The number of halogens is 6. The summed E-state index contributed by atoms with van der Waals surface area (Å²) in [6.45, 7) is 2.05. The molecule has 3 aromatic rings. The molecule has 0 bridgehead atoms. The molecular weight excluding hydrogens is 430 g/mol. The van der Waals surface area contributed by atoms with Crippen LogP contribution in [0.25, 0.3) is 10.8 Å². The van der Waals surface area contributed by atoms with Crippen LogP contribution in [0.2, 0.25) is 0 Å². The van der Waals surface area contributed by atoms with E-state index in [0.29, 0.717) is 11.8 Å². The zero-order chi connectivity index (χ0) is 23.0. The highest BCUT2D eigenvalue weighted by Crippen LogP contribution is 2.46. The molecule has 7 heteroatoms. The van der Waals surface area contributed by atoms with Gasteiger partial charge in [0.1, 0.15) is 5.82 Å². The zero-order valence-corrected chi connectivity index (χ0v) is 17.4. The van der Waals surface area contributed by atoms with E-state index in [2.05, 4.69) is 4.74 Å². The fourth-order valence-electron chi connectivity index (χ4n) is 4.92. The van der Waals surface area contributed by atoms with Gasteiger partial charge in [-0.25, -0.2) is 13.2 Å². The third kappa shape index (κ3) is 4.30. The van der Waals surface area contributed by atoms with Crippen LogP contribution in [0.1, 0.15) is 55.2 Å². The summed E-state index contributed by atoms with van der Waals surface area (Å²) in [5, 5.41) is 1.22. The van der Waals surface area contributed by atoms with E-state index in [4.69, 9.17) is 0 Å². The molecule has 1 nitrogen and oxygen atoms in total. The van der Waals surface area contributed by atoms with Gasteiger partial charge in [0.15, 0.2) is 11.6 Å². The van der Waals surface area contributed by atoms with Crippen LogP contribution in [-0.4, -0.2) is 6.36 Å². The first-order valence-corrected chi connectivity index (χ1v) is 10.6. The number of benzene rings is 3. The van der Waals surface area contributed by atoms with Crippen molar-refractivity contribution < 1.29 is 31.1 Å². The van der Waals surface area contributed by atoms with Gasteiger partial charge in [0.05, 0.1) is 0 Å². The molecule has 0 spiro atoms. The molecule has 170 valence electrons. The maximum absolute atomic E-state index is 14.5. The lowest BCUT2D eigenvalue weighted by molar-refractivity contribution is -0.276. The van der Waals surface area contributed by atoms with Gasteiger partial charge in [-0.1, -0.05) is 44.0 Å². The van der Waals surface area contributed by atoms with Crippen LogP contribution in [0.15, 0.2) is 42.5 Å². The fraction of sp³-hybridized carbons (Fsp3) is 0.360. The molecule has 0 saturated heterocycles. The SMILES string of the molecule is CCCC[C@@H]1CCc2c(ccc3c(F)cccc23)[C@H]1c1cc(F)c(OC(F)(F)F)c(F)c1. The first-order chi connectivity index (χ1) is 15.2. The lowest BCUT2D eigenvalue weighted by atomic mass is 9.69. The maximum Gasteiger partial charge on any atom is 0.573 e. The van der Waals surface area contributed by atoms with E-state index in [1.807, 2.05) is 13.0 Å². The van der Waals surface area contributed by atoms with Gasteiger partial charge in [-0.15, -0.1) is 13.2 Å². The van der Waals surface area contributed by atoms with Crippen LogP contribution >= 0.6 is 0 Å². The van der Waals surface area contributed by atoms with Crippen LogP contribution in [0.5, 0.6) is 5.75 Å². The Hall–Kier alpha value is -2.70. The van der Waals surface area contributed by atoms with Gasteiger partial charge in [0, 0.05) is 11.3 Å². The third-order valence-electron chi connectivity index (χ3n) is 6.25. The molecular formula is C25H22F6O. The number of unbranched alkanes of at least 4 members (excludes halogenated alkanes) is 1. The maximum atomic E-state index is 14.5. The highest BCUT2D eigenvalue weighted by molar-refractivity contribution is 5.88. The number of aryl methyl sites for hydroxylation is 1. The highest BCUT2D eigenvalue weighted by Gasteiger charge is 2.36. The first kappa shape index (κ1) is 22.5. The molecule has 1 aliphatic rings. The van der Waals surface area contributed by atoms with Crippen molar-refractivity contribution in [1.82, 2.24) is 0 Å². The summed E-state index contributed by atoms with van der Waals surface area (Å²) in [5.41, 5.74) is 2.00. The average Bonchev–Trinajstić information content (AvgIpc) is 2.73. The highest BCUT2D eigenvalue weighted by atomic mass is 19.4. The topological polar surface area (TPSA) is 9.23 Å². The molecule has 3 aromatic carbocycles. The molecule has 0 N–H and O–H groups in total. The summed E-state index contributed by atoms with van der Waals surface area (Å²) in [6.07, 6.45) is -1.10. The Kier molecular flexibility index (Phi) is 6.10. The molecule has 0 saturated carbocycles. The van der Waals surface area contributed by atoms with Crippen LogP contribution in [0.4, 0.5) is 26.3 Å². The summed E-state index contributed by atoms with van der Waals surface area (Å²) in [5.74, 6) is -4.96. The van der Waals surface area contributed by atoms with Gasteiger partial charge in [-0.3, -0.25) is 0 Å². The molecule has 32 heavy (non-hydrogen) atoms. The number of hydrogen-bond donors (Lipinski definition) is 0. The Morgan fingerprint density at radius 3 is 2.31 bits per heavy atom. The number of hydrogen-bond acceptors (Lipinski definition) is 1. The average molecular weight is 452 g/mol. The molecule has 0 unspecified atom stereocenters. The van der Waals surface area contributed by atoms with Gasteiger partial charge in [-0.05, 0) is 65.5 Å². The van der Waals surface area contributed by atoms with Crippen molar-refractivity contribution in [2.75, 3.05) is 0 Å². The summed E-state index contributed by atoms with van der Waals surface area (Å²) < 4.78 is 84.6. The van der Waals surface area contributed by atoms with E-state index in [0.717, 1.165) is 54.3 Å². The second-order valence-electron chi connectivity index (χ2n) is 8.25. The number of fused-ring (bicyclic) bond motifs is 3. The van der Waals surface area contributed by atoms with E-state index in [-0.39, 0.29) is 17.3 Å². The molecule has 0 aromatic heterocycles. The number of rotatable bonds is 5. The minimum Gasteiger partial charge on any atom is -0.399 e. The third-order valence-corrected chi connectivity index (χ3v) is 6.25. The standard InChI is InChI=1S/C25H22F6O/c1-2-3-5-14-8-9-17-16-6-4-7-20(26)18(16)10-11-19(17)23(14)15-12-21(27)24(22(28)13-15)32-25(29,30)31/h4,6-7,10-14,23H,2-3,5,8-9H2,1H3/t14-,23-/m1/s1. The normalized spacial score (nSPS) is 18.6. The Morgan fingerprint density at radius 2 is 1.66 bits per heavy atom. The molecule has 0 radical (unpaired) electrons. The molecule has 0 heterocycles. The van der Waals surface area contributed by atoms with Gasteiger partial charge >= 0.3 is 6.36 Å². The van der Waals surface area contributed by atoms with Crippen molar-refractivity contribution in [3.8, 4) is 5.75 Å². The van der Waals surface area contributed by atoms with Crippen LogP contribution in [0.3, 0.4) is 0 Å². The summed E-state index contributed by atoms with van der Waals surface area (Å²) in [4.78, 5) is 0. The van der Waals surface area contributed by atoms with E-state index >= 15 is 0 Å². The lowest BCUT2D eigenvalue weighted by Crippen LogP contribution is -2.23. The van der Waals surface area contributed by atoms with E-state index in [1.54, 1.807) is 18.2 Å². The molecule has 2 atom stereocenters. The summed E-state index contributed by atoms with van der Waals surface area (Å²) >= 11 is 0. The largest absolute Gasteiger partial charge is 0.573 e.